The maximum absolute atomic E-state index is 12.8. The van der Waals surface area contributed by atoms with Gasteiger partial charge < -0.3 is 15.2 Å². The number of H-pyrrole nitrogens is 1. The van der Waals surface area contributed by atoms with E-state index >= 15 is 0 Å². The first-order valence-corrected chi connectivity index (χ1v) is 10.2. The number of hydrogen-bond acceptors (Lipinski definition) is 2. The molecule has 2 aromatic rings. The molecule has 0 saturated carbocycles. The second kappa shape index (κ2) is 7.12. The van der Waals surface area contributed by atoms with Gasteiger partial charge in [-0.1, -0.05) is 22.4 Å². The fourth-order valence-corrected chi connectivity index (χ4v) is 5.01. The number of nitrogens with one attached hydrogen (secondary N) is 2. The summed E-state index contributed by atoms with van der Waals surface area (Å²) in [5, 5.41) is 4.32. The number of amides is 1. The van der Waals surface area contributed by atoms with Crippen molar-refractivity contribution in [2.45, 2.75) is 45.1 Å². The molecule has 134 valence electrons. The van der Waals surface area contributed by atoms with Crippen molar-refractivity contribution < 1.29 is 4.79 Å². The van der Waals surface area contributed by atoms with Crippen molar-refractivity contribution in [3.63, 3.8) is 0 Å². The number of halogens is 1. The largest absolute Gasteiger partial charge is 0.350 e. The summed E-state index contributed by atoms with van der Waals surface area (Å²) < 4.78 is 1.04. The van der Waals surface area contributed by atoms with Gasteiger partial charge in [0.15, 0.2) is 0 Å². The fraction of sp³-hybridized carbons (Fsp3) is 0.550. The number of piperidine rings is 2. The molecule has 3 heterocycles. The van der Waals surface area contributed by atoms with E-state index in [1.54, 1.807) is 0 Å². The van der Waals surface area contributed by atoms with Crippen molar-refractivity contribution in [3.8, 4) is 0 Å². The third-order valence-electron chi connectivity index (χ3n) is 6.00. The van der Waals surface area contributed by atoms with E-state index in [1.165, 1.54) is 45.2 Å². The van der Waals surface area contributed by atoms with E-state index in [-0.39, 0.29) is 5.91 Å². The van der Waals surface area contributed by atoms with Crippen molar-refractivity contribution in [2.24, 2.45) is 5.92 Å². The van der Waals surface area contributed by atoms with Gasteiger partial charge in [-0.25, -0.2) is 0 Å². The molecule has 2 N–H and O–H groups in total. The Morgan fingerprint density at radius 1 is 1.28 bits per heavy atom. The smallest absolute Gasteiger partial charge is 0.268 e. The molecule has 4 rings (SSSR count). The average molecular weight is 404 g/mol. The Kier molecular flexibility index (Phi) is 4.87. The summed E-state index contributed by atoms with van der Waals surface area (Å²) in [6.45, 7) is 5.29. The van der Waals surface area contributed by atoms with Crippen LogP contribution in [0.1, 0.15) is 48.2 Å². The van der Waals surface area contributed by atoms with Gasteiger partial charge in [0.1, 0.15) is 5.69 Å². The van der Waals surface area contributed by atoms with Crippen LogP contribution >= 0.6 is 15.9 Å². The summed E-state index contributed by atoms with van der Waals surface area (Å²) in [6, 6.07) is 6.76. The van der Waals surface area contributed by atoms with Crippen molar-refractivity contribution in [3.05, 3.63) is 33.9 Å². The molecule has 4 nitrogen and oxygen atoms in total. The van der Waals surface area contributed by atoms with Crippen LogP contribution < -0.4 is 5.32 Å². The molecule has 0 unspecified atom stereocenters. The third-order valence-corrected chi connectivity index (χ3v) is 6.49. The molecule has 1 aromatic heterocycles. The summed E-state index contributed by atoms with van der Waals surface area (Å²) >= 11 is 3.51. The first-order valence-electron chi connectivity index (χ1n) is 9.43. The van der Waals surface area contributed by atoms with Gasteiger partial charge in [0.25, 0.3) is 5.91 Å². The Hall–Kier alpha value is -1.33. The van der Waals surface area contributed by atoms with Gasteiger partial charge in [-0.2, -0.15) is 0 Å². The second-order valence-corrected chi connectivity index (χ2v) is 8.44. The molecule has 5 heteroatoms. The van der Waals surface area contributed by atoms with Gasteiger partial charge >= 0.3 is 0 Å². The maximum atomic E-state index is 12.8. The van der Waals surface area contributed by atoms with E-state index in [4.69, 9.17) is 0 Å². The Balaban J connectivity index is 1.46. The normalized spacial score (nSPS) is 24.2. The minimum absolute atomic E-state index is 0.0257. The van der Waals surface area contributed by atoms with E-state index in [2.05, 4.69) is 37.2 Å². The summed E-state index contributed by atoms with van der Waals surface area (Å²) in [5.74, 6) is 0.620. The predicted molar refractivity (Wildman–Crippen MR) is 105 cm³/mol. The van der Waals surface area contributed by atoms with Crippen LogP contribution in [-0.2, 0) is 0 Å². The SMILES string of the molecule is Cc1c(C(=O)NC[C@@H]2CCCN3CCCC[C@H]23)[nH]c2ccc(Br)cc12. The molecule has 2 saturated heterocycles. The highest BCUT2D eigenvalue weighted by Gasteiger charge is 2.33. The van der Waals surface area contributed by atoms with Crippen LogP contribution in [-0.4, -0.2) is 41.5 Å². The minimum Gasteiger partial charge on any atom is -0.350 e. The number of hydrogen-bond donors (Lipinski definition) is 2. The number of aryl methyl sites for hydroxylation is 1. The summed E-state index contributed by atoms with van der Waals surface area (Å²) in [6.07, 6.45) is 6.46. The molecule has 2 aliphatic rings. The highest BCUT2D eigenvalue weighted by atomic mass is 79.9. The van der Waals surface area contributed by atoms with Crippen LogP contribution in [0.15, 0.2) is 22.7 Å². The number of benzene rings is 1. The van der Waals surface area contributed by atoms with Crippen molar-refractivity contribution in [1.82, 2.24) is 15.2 Å². The molecular formula is C20H26BrN3O. The lowest BCUT2D eigenvalue weighted by molar-refractivity contribution is 0.0575. The zero-order valence-electron chi connectivity index (χ0n) is 14.8. The summed E-state index contributed by atoms with van der Waals surface area (Å²) in [7, 11) is 0. The average Bonchev–Trinajstić information content (AvgIpc) is 2.96. The first-order chi connectivity index (χ1) is 12.1. The Morgan fingerprint density at radius 3 is 3.00 bits per heavy atom. The molecule has 2 aliphatic heterocycles. The second-order valence-electron chi connectivity index (χ2n) is 7.53. The van der Waals surface area contributed by atoms with Crippen LogP contribution in [0.4, 0.5) is 0 Å². The standard InChI is InChI=1S/C20H26BrN3O/c1-13-16-11-15(21)7-8-17(16)23-19(13)20(25)22-12-14-5-4-10-24-9-3-2-6-18(14)24/h7-8,11,14,18,23H,2-6,9-10,12H2,1H3,(H,22,25)/t14-,18+/m0/s1. The number of aromatic nitrogens is 1. The molecule has 0 bridgehead atoms. The van der Waals surface area contributed by atoms with Crippen molar-refractivity contribution in [2.75, 3.05) is 19.6 Å². The molecule has 0 spiro atoms. The molecule has 1 aromatic carbocycles. The summed E-state index contributed by atoms with van der Waals surface area (Å²) in [4.78, 5) is 18.7. The molecule has 2 atom stereocenters. The zero-order chi connectivity index (χ0) is 17.4. The van der Waals surface area contributed by atoms with E-state index in [9.17, 15) is 4.79 Å². The molecular weight excluding hydrogens is 378 g/mol. The number of carbonyl (C=O) groups excluding carboxylic acids is 1. The maximum Gasteiger partial charge on any atom is 0.268 e. The number of rotatable bonds is 3. The van der Waals surface area contributed by atoms with E-state index in [1.807, 2.05) is 19.1 Å². The van der Waals surface area contributed by atoms with Crippen LogP contribution in [0.2, 0.25) is 0 Å². The quantitative estimate of drug-likeness (QED) is 0.804. The monoisotopic (exact) mass is 403 g/mol. The molecule has 0 radical (unpaired) electrons. The first kappa shape index (κ1) is 17.1. The van der Waals surface area contributed by atoms with Gasteiger partial charge in [-0.3, -0.25) is 4.79 Å². The van der Waals surface area contributed by atoms with Crippen molar-refractivity contribution >= 4 is 32.7 Å². The van der Waals surface area contributed by atoms with Crippen LogP contribution in [0.5, 0.6) is 0 Å². The topological polar surface area (TPSA) is 48.1 Å². The van der Waals surface area contributed by atoms with Crippen LogP contribution in [0.3, 0.4) is 0 Å². The lowest BCUT2D eigenvalue weighted by Crippen LogP contribution is -2.51. The number of fused-ring (bicyclic) bond motifs is 2. The van der Waals surface area contributed by atoms with Crippen LogP contribution in [0, 0.1) is 12.8 Å². The number of nitrogens with zero attached hydrogens (tertiary/aromatic N) is 1. The van der Waals surface area contributed by atoms with E-state index in [0.29, 0.717) is 17.7 Å². The van der Waals surface area contributed by atoms with Gasteiger partial charge in [-0.05, 0) is 75.4 Å². The molecule has 1 amide bonds. The van der Waals surface area contributed by atoms with Crippen molar-refractivity contribution in [1.29, 1.82) is 0 Å². The molecule has 25 heavy (non-hydrogen) atoms. The van der Waals surface area contributed by atoms with Gasteiger partial charge in [0.2, 0.25) is 0 Å². The Labute approximate surface area is 157 Å². The Bertz CT molecular complexity index is 783. The van der Waals surface area contributed by atoms with E-state index < -0.39 is 0 Å². The van der Waals surface area contributed by atoms with E-state index in [0.717, 1.165) is 27.5 Å². The summed E-state index contributed by atoms with van der Waals surface area (Å²) in [5.41, 5.74) is 2.74. The molecule has 2 fully saturated rings. The van der Waals surface area contributed by atoms with Crippen LogP contribution in [0.25, 0.3) is 10.9 Å². The third kappa shape index (κ3) is 3.36. The fourth-order valence-electron chi connectivity index (χ4n) is 4.65. The van der Waals surface area contributed by atoms with Gasteiger partial charge in [0, 0.05) is 28.0 Å². The Morgan fingerprint density at radius 2 is 2.12 bits per heavy atom. The highest BCUT2D eigenvalue weighted by Crippen LogP contribution is 2.30. The highest BCUT2D eigenvalue weighted by molar-refractivity contribution is 9.10. The number of aromatic amines is 1. The lowest BCUT2D eigenvalue weighted by atomic mass is 9.83. The number of carbonyl (C=O) groups is 1. The molecule has 0 aliphatic carbocycles. The minimum atomic E-state index is 0.0257. The van der Waals surface area contributed by atoms with Gasteiger partial charge in [-0.15, -0.1) is 0 Å². The van der Waals surface area contributed by atoms with Gasteiger partial charge in [0.05, 0.1) is 0 Å². The predicted octanol–water partition coefficient (Wildman–Crippen LogP) is 4.23. The zero-order valence-corrected chi connectivity index (χ0v) is 16.4. The lowest BCUT2D eigenvalue weighted by Gasteiger charge is -2.44.